The van der Waals surface area contributed by atoms with Gasteiger partial charge in [-0.3, -0.25) is 4.79 Å². The summed E-state index contributed by atoms with van der Waals surface area (Å²) in [6.45, 7) is 1.72. The molecule has 146 valence electrons. The van der Waals surface area contributed by atoms with Gasteiger partial charge in [-0.25, -0.2) is 9.37 Å². The Labute approximate surface area is 162 Å². The Balaban J connectivity index is 2.05. The maximum absolute atomic E-state index is 15.3. The minimum absolute atomic E-state index is 0.219. The van der Waals surface area contributed by atoms with Gasteiger partial charge in [-0.1, -0.05) is 42.5 Å². The highest BCUT2D eigenvalue weighted by Gasteiger charge is 2.33. The summed E-state index contributed by atoms with van der Waals surface area (Å²) >= 11 is 0. The third kappa shape index (κ3) is 3.40. The molecule has 0 saturated heterocycles. The molecule has 0 bridgehead atoms. The van der Waals surface area contributed by atoms with Gasteiger partial charge in [0.25, 0.3) is 5.56 Å². The predicted molar refractivity (Wildman–Crippen MR) is 103 cm³/mol. The number of H-pyrrole nitrogens is 1. The Hall–Kier alpha value is -3.48. The largest absolute Gasteiger partial charge is 0.416 e. The first-order valence-electron chi connectivity index (χ1n) is 8.72. The van der Waals surface area contributed by atoms with E-state index in [2.05, 4.69) is 9.97 Å². The van der Waals surface area contributed by atoms with E-state index in [0.29, 0.717) is 17.1 Å². The number of halogens is 4. The van der Waals surface area contributed by atoms with Crippen LogP contribution in [0.5, 0.6) is 0 Å². The summed E-state index contributed by atoms with van der Waals surface area (Å²) < 4.78 is 55.8. The van der Waals surface area contributed by atoms with Crippen LogP contribution in [0.4, 0.5) is 17.6 Å². The number of benzene rings is 3. The van der Waals surface area contributed by atoms with Crippen LogP contribution in [-0.4, -0.2) is 9.97 Å². The Bertz CT molecular complexity index is 1280. The van der Waals surface area contributed by atoms with Crippen molar-refractivity contribution < 1.29 is 17.6 Å². The number of rotatable bonds is 2. The second kappa shape index (κ2) is 6.84. The SMILES string of the molecule is Cc1cccc2c(=O)[nH]c(-c3cc(C(F)(F)F)cc(-c4ccccc4)c3F)nc12. The van der Waals surface area contributed by atoms with Crippen molar-refractivity contribution in [1.29, 1.82) is 0 Å². The van der Waals surface area contributed by atoms with Crippen LogP contribution >= 0.6 is 0 Å². The van der Waals surface area contributed by atoms with Gasteiger partial charge in [0.1, 0.15) is 11.6 Å². The minimum Gasteiger partial charge on any atom is -0.306 e. The van der Waals surface area contributed by atoms with E-state index in [1.807, 2.05) is 0 Å². The Morgan fingerprint density at radius 1 is 0.931 bits per heavy atom. The first kappa shape index (κ1) is 18.9. The summed E-state index contributed by atoms with van der Waals surface area (Å²) in [5, 5.41) is 0.282. The van der Waals surface area contributed by atoms with Crippen molar-refractivity contribution in [3.05, 3.63) is 88.0 Å². The van der Waals surface area contributed by atoms with E-state index in [0.717, 1.165) is 6.07 Å². The molecule has 4 rings (SSSR count). The van der Waals surface area contributed by atoms with E-state index in [1.54, 1.807) is 43.3 Å². The van der Waals surface area contributed by atoms with Crippen molar-refractivity contribution >= 4 is 10.9 Å². The lowest BCUT2D eigenvalue weighted by atomic mass is 9.98. The molecule has 0 radical (unpaired) electrons. The summed E-state index contributed by atoms with van der Waals surface area (Å²) in [4.78, 5) is 19.1. The molecule has 1 N–H and O–H groups in total. The number of hydrogen-bond acceptors (Lipinski definition) is 2. The number of nitrogens with zero attached hydrogens (tertiary/aromatic N) is 1. The van der Waals surface area contributed by atoms with Crippen LogP contribution in [-0.2, 0) is 6.18 Å². The number of nitrogens with one attached hydrogen (secondary N) is 1. The fraction of sp³-hybridized carbons (Fsp3) is 0.0909. The summed E-state index contributed by atoms with van der Waals surface area (Å²) in [7, 11) is 0. The predicted octanol–water partition coefficient (Wildman–Crippen LogP) is 5.72. The lowest BCUT2D eigenvalue weighted by Crippen LogP contribution is -2.12. The molecule has 1 aromatic heterocycles. The number of alkyl halides is 3. The van der Waals surface area contributed by atoms with Gasteiger partial charge in [0, 0.05) is 5.56 Å². The van der Waals surface area contributed by atoms with Gasteiger partial charge in [0.15, 0.2) is 0 Å². The van der Waals surface area contributed by atoms with Crippen LogP contribution in [0, 0.1) is 12.7 Å². The number of para-hydroxylation sites is 1. The van der Waals surface area contributed by atoms with E-state index in [9.17, 15) is 18.0 Å². The van der Waals surface area contributed by atoms with E-state index >= 15 is 4.39 Å². The maximum Gasteiger partial charge on any atom is 0.416 e. The number of aryl methyl sites for hydroxylation is 1. The lowest BCUT2D eigenvalue weighted by Gasteiger charge is -2.14. The molecule has 7 heteroatoms. The molecule has 0 aliphatic rings. The molecule has 0 saturated carbocycles. The fourth-order valence-electron chi connectivity index (χ4n) is 3.22. The molecule has 3 aromatic carbocycles. The zero-order valence-corrected chi connectivity index (χ0v) is 15.1. The van der Waals surface area contributed by atoms with Gasteiger partial charge in [-0.2, -0.15) is 13.2 Å². The molecular weight excluding hydrogens is 384 g/mol. The highest BCUT2D eigenvalue weighted by molar-refractivity contribution is 5.83. The standard InChI is InChI=1S/C22H14F4N2O/c1-12-6-5-9-15-19(12)27-20(28-21(15)29)17-11-14(22(24,25)26)10-16(18(17)23)13-7-3-2-4-8-13/h2-11H,1H3,(H,27,28,29). The van der Waals surface area contributed by atoms with Gasteiger partial charge in [0.2, 0.25) is 0 Å². The average Bonchev–Trinajstić information content (AvgIpc) is 2.68. The molecule has 0 aliphatic carbocycles. The van der Waals surface area contributed by atoms with E-state index in [-0.39, 0.29) is 22.3 Å². The van der Waals surface area contributed by atoms with Gasteiger partial charge in [-0.15, -0.1) is 0 Å². The summed E-state index contributed by atoms with van der Waals surface area (Å²) in [6, 6.07) is 14.3. The molecule has 1 heterocycles. The van der Waals surface area contributed by atoms with Gasteiger partial charge in [-0.05, 0) is 36.2 Å². The molecule has 0 spiro atoms. The minimum atomic E-state index is -4.70. The highest BCUT2D eigenvalue weighted by atomic mass is 19.4. The second-order valence-corrected chi connectivity index (χ2v) is 6.63. The van der Waals surface area contributed by atoms with Crippen LogP contribution in [0.1, 0.15) is 11.1 Å². The Kier molecular flexibility index (Phi) is 4.45. The quantitative estimate of drug-likeness (QED) is 0.439. The fourth-order valence-corrected chi connectivity index (χ4v) is 3.22. The van der Waals surface area contributed by atoms with Gasteiger partial charge < -0.3 is 4.98 Å². The first-order chi connectivity index (χ1) is 13.8. The summed E-state index contributed by atoms with van der Waals surface area (Å²) in [5.74, 6) is -1.14. The first-order valence-corrected chi connectivity index (χ1v) is 8.72. The molecule has 3 nitrogen and oxygen atoms in total. The van der Waals surface area contributed by atoms with E-state index in [4.69, 9.17) is 0 Å². The van der Waals surface area contributed by atoms with Crippen molar-refractivity contribution in [3.63, 3.8) is 0 Å². The topological polar surface area (TPSA) is 45.8 Å². The molecular formula is C22H14F4N2O. The Morgan fingerprint density at radius 3 is 2.31 bits per heavy atom. The molecule has 0 fully saturated rings. The molecule has 0 aliphatic heterocycles. The van der Waals surface area contributed by atoms with Crippen LogP contribution in [0.15, 0.2) is 65.5 Å². The zero-order chi connectivity index (χ0) is 20.8. The number of aromatic amines is 1. The third-order valence-corrected chi connectivity index (χ3v) is 4.68. The lowest BCUT2D eigenvalue weighted by molar-refractivity contribution is -0.137. The van der Waals surface area contributed by atoms with Crippen molar-refractivity contribution in [1.82, 2.24) is 9.97 Å². The van der Waals surface area contributed by atoms with Crippen molar-refractivity contribution in [2.75, 3.05) is 0 Å². The summed E-state index contributed by atoms with van der Waals surface area (Å²) in [5.41, 5.74) is -0.956. The second-order valence-electron chi connectivity index (χ2n) is 6.63. The van der Waals surface area contributed by atoms with E-state index < -0.39 is 28.7 Å². The smallest absolute Gasteiger partial charge is 0.306 e. The average molecular weight is 398 g/mol. The normalized spacial score (nSPS) is 11.8. The monoisotopic (exact) mass is 398 g/mol. The van der Waals surface area contributed by atoms with Crippen LogP contribution < -0.4 is 5.56 Å². The molecule has 29 heavy (non-hydrogen) atoms. The third-order valence-electron chi connectivity index (χ3n) is 4.68. The molecule has 0 amide bonds. The highest BCUT2D eigenvalue weighted by Crippen LogP contribution is 2.38. The van der Waals surface area contributed by atoms with Crippen molar-refractivity contribution in [3.8, 4) is 22.5 Å². The van der Waals surface area contributed by atoms with Crippen LogP contribution in [0.25, 0.3) is 33.4 Å². The Morgan fingerprint density at radius 2 is 1.62 bits per heavy atom. The van der Waals surface area contributed by atoms with E-state index in [1.165, 1.54) is 12.1 Å². The number of hydrogen-bond donors (Lipinski definition) is 1. The number of fused-ring (bicyclic) bond motifs is 1. The molecule has 4 aromatic rings. The molecule has 0 atom stereocenters. The van der Waals surface area contributed by atoms with Crippen LogP contribution in [0.3, 0.4) is 0 Å². The van der Waals surface area contributed by atoms with Crippen molar-refractivity contribution in [2.24, 2.45) is 0 Å². The van der Waals surface area contributed by atoms with Gasteiger partial charge in [0.05, 0.1) is 22.0 Å². The van der Waals surface area contributed by atoms with Crippen molar-refractivity contribution in [2.45, 2.75) is 13.1 Å². The maximum atomic E-state index is 15.3. The summed E-state index contributed by atoms with van der Waals surface area (Å²) in [6.07, 6.45) is -4.70. The molecule has 0 unspecified atom stereocenters. The van der Waals surface area contributed by atoms with Gasteiger partial charge >= 0.3 is 6.18 Å². The zero-order valence-electron chi connectivity index (χ0n) is 15.1. The van der Waals surface area contributed by atoms with Crippen LogP contribution in [0.2, 0.25) is 0 Å². The number of aromatic nitrogens is 2.